The Kier molecular flexibility index (Phi) is 4.37. The van der Waals surface area contributed by atoms with Crippen LogP contribution >= 0.6 is 0 Å². The maximum Gasteiger partial charge on any atom is 0.258 e. The summed E-state index contributed by atoms with van der Waals surface area (Å²) >= 11 is 0. The van der Waals surface area contributed by atoms with E-state index in [0.29, 0.717) is 11.3 Å². The molecule has 1 fully saturated rings. The van der Waals surface area contributed by atoms with Crippen molar-refractivity contribution in [1.29, 1.82) is 0 Å². The molecule has 2 amide bonds. The predicted molar refractivity (Wildman–Crippen MR) is 104 cm³/mol. The van der Waals surface area contributed by atoms with Crippen LogP contribution in [0.1, 0.15) is 30.1 Å². The molecule has 2 aromatic rings. The van der Waals surface area contributed by atoms with E-state index in [-0.39, 0.29) is 18.4 Å². The molecule has 5 heteroatoms. The van der Waals surface area contributed by atoms with Gasteiger partial charge in [0.15, 0.2) is 0 Å². The normalized spacial score (nSPS) is 17.7. The summed E-state index contributed by atoms with van der Waals surface area (Å²) in [6.07, 6.45) is 2.42. The highest BCUT2D eigenvalue weighted by atomic mass is 16.2. The average molecular weight is 349 g/mol. The van der Waals surface area contributed by atoms with Crippen LogP contribution in [0.15, 0.2) is 48.5 Å². The van der Waals surface area contributed by atoms with Gasteiger partial charge in [-0.25, -0.2) is 0 Å². The molecule has 0 saturated carbocycles. The number of carbonyl (C=O) groups excluding carboxylic acids is 2. The summed E-state index contributed by atoms with van der Waals surface area (Å²) < 4.78 is 0. The second kappa shape index (κ2) is 6.83. The second-order valence-corrected chi connectivity index (χ2v) is 7.17. The van der Waals surface area contributed by atoms with Gasteiger partial charge in [0, 0.05) is 24.3 Å². The molecule has 2 aliphatic heterocycles. The summed E-state index contributed by atoms with van der Waals surface area (Å²) in [4.78, 5) is 28.8. The van der Waals surface area contributed by atoms with Gasteiger partial charge in [0.1, 0.15) is 6.54 Å². The molecule has 0 aromatic heterocycles. The maximum absolute atomic E-state index is 13.0. The van der Waals surface area contributed by atoms with E-state index in [1.54, 1.807) is 4.90 Å². The lowest BCUT2D eigenvalue weighted by molar-refractivity contribution is -0.115. The predicted octanol–water partition coefficient (Wildman–Crippen LogP) is 3.52. The Hall–Kier alpha value is -2.82. The van der Waals surface area contributed by atoms with Crippen LogP contribution in [0.5, 0.6) is 0 Å². The van der Waals surface area contributed by atoms with Gasteiger partial charge in [0.25, 0.3) is 5.91 Å². The molecule has 1 N–H and O–H groups in total. The molecular weight excluding hydrogens is 326 g/mol. The van der Waals surface area contributed by atoms with Crippen molar-refractivity contribution in [3.05, 3.63) is 54.1 Å². The minimum Gasteiger partial charge on any atom is -0.372 e. The quantitative estimate of drug-likeness (QED) is 0.902. The minimum absolute atomic E-state index is 0.0433. The highest BCUT2D eigenvalue weighted by molar-refractivity contribution is 6.15. The van der Waals surface area contributed by atoms with Gasteiger partial charge in [-0.05, 0) is 55.2 Å². The van der Waals surface area contributed by atoms with E-state index in [9.17, 15) is 9.59 Å². The van der Waals surface area contributed by atoms with Gasteiger partial charge in [-0.15, -0.1) is 0 Å². The van der Waals surface area contributed by atoms with Crippen molar-refractivity contribution in [2.45, 2.75) is 19.8 Å². The van der Waals surface area contributed by atoms with Crippen molar-refractivity contribution >= 4 is 28.9 Å². The third-order valence-corrected chi connectivity index (χ3v) is 5.28. The van der Waals surface area contributed by atoms with Crippen LogP contribution in [0.2, 0.25) is 0 Å². The standard InChI is InChI=1S/C21H23N3O2/c1-15-10-12-23(13-11-15)17-8-6-16(7-9-17)21(26)24-14-20(25)22-18-4-2-3-5-19(18)24/h2-9,15H,10-14H2,1H3,(H,22,25). The fraction of sp³-hybridized carbons (Fsp3) is 0.333. The fourth-order valence-electron chi connectivity index (χ4n) is 3.65. The first kappa shape index (κ1) is 16.6. The zero-order chi connectivity index (χ0) is 18.1. The molecule has 2 heterocycles. The lowest BCUT2D eigenvalue weighted by Crippen LogP contribution is -2.42. The number of benzene rings is 2. The molecule has 0 unspecified atom stereocenters. The van der Waals surface area contributed by atoms with Crippen molar-refractivity contribution in [2.75, 3.05) is 34.8 Å². The summed E-state index contributed by atoms with van der Waals surface area (Å²) in [6, 6.07) is 15.1. The molecule has 0 radical (unpaired) electrons. The average Bonchev–Trinajstić information content (AvgIpc) is 2.67. The number of piperidine rings is 1. The molecule has 1 saturated heterocycles. The van der Waals surface area contributed by atoms with E-state index in [1.807, 2.05) is 48.5 Å². The van der Waals surface area contributed by atoms with E-state index in [1.165, 1.54) is 12.8 Å². The fourth-order valence-corrected chi connectivity index (χ4v) is 3.65. The Morgan fingerprint density at radius 2 is 1.73 bits per heavy atom. The maximum atomic E-state index is 13.0. The first-order valence-electron chi connectivity index (χ1n) is 9.17. The molecule has 5 nitrogen and oxygen atoms in total. The Bertz CT molecular complexity index is 823. The number of hydrogen-bond acceptors (Lipinski definition) is 3. The second-order valence-electron chi connectivity index (χ2n) is 7.17. The van der Waals surface area contributed by atoms with Gasteiger partial charge in [0.05, 0.1) is 11.4 Å². The van der Waals surface area contributed by atoms with Crippen LogP contribution in [-0.2, 0) is 4.79 Å². The zero-order valence-electron chi connectivity index (χ0n) is 14.9. The van der Waals surface area contributed by atoms with Crippen molar-refractivity contribution in [3.63, 3.8) is 0 Å². The van der Waals surface area contributed by atoms with Crippen LogP contribution < -0.4 is 15.1 Å². The SMILES string of the molecule is CC1CCN(c2ccc(C(=O)N3CC(=O)Nc4ccccc43)cc2)CC1. The van der Waals surface area contributed by atoms with Gasteiger partial charge in [-0.1, -0.05) is 19.1 Å². The minimum atomic E-state index is -0.170. The van der Waals surface area contributed by atoms with E-state index >= 15 is 0 Å². The molecule has 0 aliphatic carbocycles. The smallest absolute Gasteiger partial charge is 0.258 e. The van der Waals surface area contributed by atoms with Crippen LogP contribution in [0.3, 0.4) is 0 Å². The van der Waals surface area contributed by atoms with Crippen molar-refractivity contribution in [3.8, 4) is 0 Å². The summed E-state index contributed by atoms with van der Waals surface area (Å²) in [6.45, 7) is 4.47. The highest BCUT2D eigenvalue weighted by Crippen LogP contribution is 2.30. The number of nitrogens with zero attached hydrogens (tertiary/aromatic N) is 2. The molecule has 0 bridgehead atoms. The summed E-state index contributed by atoms with van der Waals surface area (Å²) in [5.41, 5.74) is 3.18. The third kappa shape index (κ3) is 3.17. The van der Waals surface area contributed by atoms with Crippen LogP contribution in [0.4, 0.5) is 17.1 Å². The van der Waals surface area contributed by atoms with Gasteiger partial charge in [0.2, 0.25) is 5.91 Å². The van der Waals surface area contributed by atoms with Crippen molar-refractivity contribution < 1.29 is 9.59 Å². The van der Waals surface area contributed by atoms with E-state index in [0.717, 1.165) is 30.4 Å². The summed E-state index contributed by atoms with van der Waals surface area (Å²) in [7, 11) is 0. The van der Waals surface area contributed by atoms with Crippen LogP contribution in [-0.4, -0.2) is 31.4 Å². The Labute approximate surface area is 153 Å². The van der Waals surface area contributed by atoms with Crippen LogP contribution in [0.25, 0.3) is 0 Å². The molecular formula is C21H23N3O2. The van der Waals surface area contributed by atoms with Gasteiger partial charge >= 0.3 is 0 Å². The highest BCUT2D eigenvalue weighted by Gasteiger charge is 2.27. The van der Waals surface area contributed by atoms with E-state index in [4.69, 9.17) is 0 Å². The van der Waals surface area contributed by atoms with Crippen molar-refractivity contribution in [2.24, 2.45) is 5.92 Å². The zero-order valence-corrected chi connectivity index (χ0v) is 14.9. The summed E-state index contributed by atoms with van der Waals surface area (Å²) in [5, 5.41) is 2.81. The number of hydrogen-bond donors (Lipinski definition) is 1. The number of nitrogens with one attached hydrogen (secondary N) is 1. The lowest BCUT2D eigenvalue weighted by Gasteiger charge is -2.32. The number of rotatable bonds is 2. The Morgan fingerprint density at radius 1 is 1.04 bits per heavy atom. The molecule has 26 heavy (non-hydrogen) atoms. The van der Waals surface area contributed by atoms with Gasteiger partial charge < -0.3 is 10.2 Å². The molecule has 0 spiro atoms. The Morgan fingerprint density at radius 3 is 2.46 bits per heavy atom. The largest absolute Gasteiger partial charge is 0.372 e. The summed E-state index contributed by atoms with van der Waals surface area (Å²) in [5.74, 6) is 0.472. The molecule has 2 aliphatic rings. The number of anilines is 3. The first-order chi connectivity index (χ1) is 12.6. The van der Waals surface area contributed by atoms with Gasteiger partial charge in [-0.3, -0.25) is 14.5 Å². The number of fused-ring (bicyclic) bond motifs is 1. The molecule has 0 atom stereocenters. The number of amides is 2. The topological polar surface area (TPSA) is 52.7 Å². The Balaban J connectivity index is 1.55. The number of carbonyl (C=O) groups is 2. The molecule has 2 aromatic carbocycles. The first-order valence-corrected chi connectivity index (χ1v) is 9.17. The van der Waals surface area contributed by atoms with Gasteiger partial charge in [-0.2, -0.15) is 0 Å². The monoisotopic (exact) mass is 349 g/mol. The van der Waals surface area contributed by atoms with Crippen molar-refractivity contribution in [1.82, 2.24) is 0 Å². The van der Waals surface area contributed by atoms with Crippen LogP contribution in [0, 0.1) is 5.92 Å². The van der Waals surface area contributed by atoms with E-state index < -0.39 is 0 Å². The lowest BCUT2D eigenvalue weighted by atomic mass is 9.98. The van der Waals surface area contributed by atoms with E-state index in [2.05, 4.69) is 17.1 Å². The number of para-hydroxylation sites is 2. The third-order valence-electron chi connectivity index (χ3n) is 5.28. The molecule has 4 rings (SSSR count). The molecule has 134 valence electrons.